The van der Waals surface area contributed by atoms with E-state index in [1.807, 2.05) is 18.2 Å². The molecule has 0 fully saturated rings. The Labute approximate surface area is 98.7 Å². The molecular weight excluding hydrogens is 272 g/mol. The van der Waals surface area contributed by atoms with E-state index in [9.17, 15) is 0 Å². The van der Waals surface area contributed by atoms with Crippen molar-refractivity contribution < 1.29 is 4.52 Å². The van der Waals surface area contributed by atoms with E-state index in [0.717, 1.165) is 16.6 Å². The Kier molecular flexibility index (Phi) is 2.14. The molecule has 0 atom stereocenters. The van der Waals surface area contributed by atoms with Crippen molar-refractivity contribution >= 4 is 27.0 Å². The second-order valence-electron chi connectivity index (χ2n) is 3.10. The van der Waals surface area contributed by atoms with Gasteiger partial charge in [0.05, 0.1) is 11.1 Å². The first-order valence-electron chi connectivity index (χ1n) is 4.54. The van der Waals surface area contributed by atoms with Crippen LogP contribution in [-0.4, -0.2) is 20.1 Å². The first kappa shape index (κ1) is 9.41. The molecular formula is C10H5BrN4O. The highest BCUT2D eigenvalue weighted by molar-refractivity contribution is 9.10. The van der Waals surface area contributed by atoms with Gasteiger partial charge in [-0.05, 0) is 33.2 Å². The summed E-state index contributed by atoms with van der Waals surface area (Å²) in [6.45, 7) is 0. The lowest BCUT2D eigenvalue weighted by atomic mass is 10.2. The lowest BCUT2D eigenvalue weighted by Gasteiger charge is -1.99. The average Bonchev–Trinajstić information content (AvgIpc) is 2.75. The van der Waals surface area contributed by atoms with E-state index in [1.165, 1.54) is 0 Å². The van der Waals surface area contributed by atoms with Gasteiger partial charge in [-0.1, -0.05) is 6.07 Å². The molecule has 0 N–H and O–H groups in total. The number of fused-ring (bicyclic) bond motifs is 1. The minimum absolute atomic E-state index is 0.420. The first-order chi connectivity index (χ1) is 7.84. The fourth-order valence-corrected chi connectivity index (χ4v) is 1.71. The molecule has 0 unspecified atom stereocenters. The third kappa shape index (κ3) is 1.47. The molecule has 0 aliphatic rings. The van der Waals surface area contributed by atoms with E-state index in [1.54, 1.807) is 12.4 Å². The summed E-state index contributed by atoms with van der Waals surface area (Å²) in [6, 6.07) is 5.64. The highest BCUT2D eigenvalue weighted by atomic mass is 79.9. The molecule has 0 amide bonds. The molecule has 78 valence electrons. The van der Waals surface area contributed by atoms with Crippen LogP contribution in [-0.2, 0) is 0 Å². The van der Waals surface area contributed by atoms with E-state index in [0.29, 0.717) is 10.6 Å². The molecule has 3 aromatic rings. The summed E-state index contributed by atoms with van der Waals surface area (Å²) in [6.07, 6.45) is 3.28. The van der Waals surface area contributed by atoms with E-state index in [2.05, 4.69) is 36.0 Å². The number of hydrogen-bond donors (Lipinski definition) is 0. The maximum absolute atomic E-state index is 5.08. The van der Waals surface area contributed by atoms with Gasteiger partial charge in [-0.3, -0.25) is 9.97 Å². The Hall–Kier alpha value is -1.82. The van der Waals surface area contributed by atoms with Crippen molar-refractivity contribution in [1.82, 2.24) is 20.1 Å². The van der Waals surface area contributed by atoms with Crippen molar-refractivity contribution in [3.8, 4) is 11.5 Å². The van der Waals surface area contributed by atoms with Gasteiger partial charge in [-0.2, -0.15) is 4.98 Å². The number of hydrogen-bond acceptors (Lipinski definition) is 5. The molecule has 2 heterocycles. The maximum atomic E-state index is 5.08. The Morgan fingerprint density at radius 2 is 2.00 bits per heavy atom. The third-order valence-corrected chi connectivity index (χ3v) is 2.45. The van der Waals surface area contributed by atoms with Crippen molar-refractivity contribution in [2.24, 2.45) is 0 Å². The fraction of sp³-hybridized carbons (Fsp3) is 0. The molecule has 6 heteroatoms. The van der Waals surface area contributed by atoms with Gasteiger partial charge in [0.25, 0.3) is 5.89 Å². The van der Waals surface area contributed by atoms with Crippen LogP contribution in [0.1, 0.15) is 0 Å². The lowest BCUT2D eigenvalue weighted by Crippen LogP contribution is -1.86. The van der Waals surface area contributed by atoms with Crippen molar-refractivity contribution in [3.05, 3.63) is 35.3 Å². The van der Waals surface area contributed by atoms with Crippen LogP contribution < -0.4 is 0 Å². The van der Waals surface area contributed by atoms with Crippen LogP contribution in [0.3, 0.4) is 0 Å². The topological polar surface area (TPSA) is 64.7 Å². The van der Waals surface area contributed by atoms with Gasteiger partial charge < -0.3 is 4.52 Å². The molecule has 0 radical (unpaired) electrons. The Balaban J connectivity index is 2.31. The van der Waals surface area contributed by atoms with E-state index in [4.69, 9.17) is 4.52 Å². The van der Waals surface area contributed by atoms with Crippen molar-refractivity contribution in [2.75, 3.05) is 0 Å². The third-order valence-electron chi connectivity index (χ3n) is 2.13. The zero-order valence-corrected chi connectivity index (χ0v) is 9.55. The molecule has 16 heavy (non-hydrogen) atoms. The zero-order valence-electron chi connectivity index (χ0n) is 7.96. The molecule has 0 bridgehead atoms. The summed E-state index contributed by atoms with van der Waals surface area (Å²) in [5.74, 6) is 0.429. The second kappa shape index (κ2) is 3.64. The number of para-hydroxylation sites is 1. The summed E-state index contributed by atoms with van der Waals surface area (Å²) in [5.41, 5.74) is 2.33. The number of nitrogens with zero attached hydrogens (tertiary/aromatic N) is 4. The summed E-state index contributed by atoms with van der Waals surface area (Å²) < 4.78 is 5.50. The van der Waals surface area contributed by atoms with Crippen LogP contribution >= 0.6 is 15.9 Å². The van der Waals surface area contributed by atoms with Gasteiger partial charge in [-0.15, -0.1) is 0 Å². The molecule has 3 rings (SSSR count). The second-order valence-corrected chi connectivity index (χ2v) is 3.81. The average molecular weight is 277 g/mol. The van der Waals surface area contributed by atoms with Gasteiger partial charge in [-0.25, -0.2) is 0 Å². The smallest absolute Gasteiger partial charge is 0.260 e. The number of benzene rings is 1. The van der Waals surface area contributed by atoms with Crippen LogP contribution in [0.5, 0.6) is 0 Å². The summed E-state index contributed by atoms with van der Waals surface area (Å²) >= 11 is 3.14. The van der Waals surface area contributed by atoms with Gasteiger partial charge in [0.1, 0.15) is 5.52 Å². The van der Waals surface area contributed by atoms with E-state index >= 15 is 0 Å². The van der Waals surface area contributed by atoms with Gasteiger partial charge in [0, 0.05) is 12.4 Å². The number of aromatic nitrogens is 4. The Morgan fingerprint density at radius 1 is 1.12 bits per heavy atom. The maximum Gasteiger partial charge on any atom is 0.260 e. The number of rotatable bonds is 1. The SMILES string of the molecule is Brc1noc(-c2cccc3nccnc23)n1. The normalized spacial score (nSPS) is 10.8. The van der Waals surface area contributed by atoms with E-state index < -0.39 is 0 Å². The molecule has 2 aromatic heterocycles. The largest absolute Gasteiger partial charge is 0.333 e. The molecule has 0 spiro atoms. The molecule has 0 saturated carbocycles. The van der Waals surface area contributed by atoms with Gasteiger partial charge in [0.15, 0.2) is 0 Å². The predicted octanol–water partition coefficient (Wildman–Crippen LogP) is 2.44. The van der Waals surface area contributed by atoms with Crippen LogP contribution in [0.25, 0.3) is 22.5 Å². The fourth-order valence-electron chi connectivity index (χ4n) is 1.48. The highest BCUT2D eigenvalue weighted by Gasteiger charge is 2.11. The minimum atomic E-state index is 0.420. The van der Waals surface area contributed by atoms with Crippen LogP contribution in [0.4, 0.5) is 0 Å². The molecule has 0 aliphatic carbocycles. The number of halogens is 1. The van der Waals surface area contributed by atoms with Crippen LogP contribution in [0.15, 0.2) is 39.8 Å². The first-order valence-corrected chi connectivity index (χ1v) is 5.33. The standard InChI is InChI=1S/C10H5BrN4O/c11-10-14-9(16-15-10)6-2-1-3-7-8(6)13-5-4-12-7/h1-5H. The summed E-state index contributed by atoms with van der Waals surface area (Å²) in [7, 11) is 0. The zero-order chi connectivity index (χ0) is 11.0. The summed E-state index contributed by atoms with van der Waals surface area (Å²) in [5, 5.41) is 3.68. The van der Waals surface area contributed by atoms with Gasteiger partial charge >= 0.3 is 0 Å². The van der Waals surface area contributed by atoms with Crippen molar-refractivity contribution in [1.29, 1.82) is 0 Å². The van der Waals surface area contributed by atoms with Crippen molar-refractivity contribution in [2.45, 2.75) is 0 Å². The molecule has 5 nitrogen and oxygen atoms in total. The van der Waals surface area contributed by atoms with Crippen molar-refractivity contribution in [3.63, 3.8) is 0 Å². The Morgan fingerprint density at radius 3 is 2.81 bits per heavy atom. The van der Waals surface area contributed by atoms with Crippen LogP contribution in [0.2, 0.25) is 0 Å². The molecule has 0 aliphatic heterocycles. The van der Waals surface area contributed by atoms with E-state index in [-0.39, 0.29) is 0 Å². The monoisotopic (exact) mass is 276 g/mol. The predicted molar refractivity (Wildman–Crippen MR) is 60.5 cm³/mol. The lowest BCUT2D eigenvalue weighted by molar-refractivity contribution is 0.426. The van der Waals surface area contributed by atoms with Crippen LogP contribution in [0, 0.1) is 0 Å². The Bertz CT molecular complexity index is 647. The highest BCUT2D eigenvalue weighted by Crippen LogP contribution is 2.25. The van der Waals surface area contributed by atoms with Gasteiger partial charge in [0.2, 0.25) is 4.73 Å². The summed E-state index contributed by atoms with van der Waals surface area (Å²) in [4.78, 5) is 12.6. The molecule has 1 aromatic carbocycles. The minimum Gasteiger partial charge on any atom is -0.333 e. The molecule has 0 saturated heterocycles. The quantitative estimate of drug-likeness (QED) is 0.683.